The number of nitro benzene ring substituents is 1. The number of hydrogen-bond acceptors (Lipinski definition) is 5. The molecule has 1 atom stereocenters. The maximum atomic E-state index is 12.1. The second-order valence-corrected chi connectivity index (χ2v) is 6.63. The van der Waals surface area contributed by atoms with Crippen LogP contribution in [0.15, 0.2) is 23.1 Å². The smallest absolute Gasteiger partial charge is 0.258 e. The quantitative estimate of drug-likeness (QED) is 0.471. The summed E-state index contributed by atoms with van der Waals surface area (Å²) in [5.74, 6) is 0.193. The topological polar surface area (TPSA) is 101 Å². The molecule has 6 nitrogen and oxygen atoms in total. The number of halogens is 1. The largest absolute Gasteiger partial charge is 0.287 e. The van der Waals surface area contributed by atoms with Gasteiger partial charge in [0.15, 0.2) is 9.84 Å². The molecule has 0 saturated heterocycles. The molecule has 1 rings (SSSR count). The van der Waals surface area contributed by atoms with E-state index in [1.54, 1.807) is 6.07 Å². The first-order valence-corrected chi connectivity index (χ1v) is 7.41. The van der Waals surface area contributed by atoms with Crippen LogP contribution in [0.1, 0.15) is 18.9 Å². The average molecular weight is 303 g/mol. The summed E-state index contributed by atoms with van der Waals surface area (Å²) in [6.45, 7) is 1.51. The van der Waals surface area contributed by atoms with Crippen LogP contribution in [0.25, 0.3) is 0 Å². The fourth-order valence-corrected chi connectivity index (χ4v) is 3.37. The maximum Gasteiger partial charge on any atom is 0.287 e. The van der Waals surface area contributed by atoms with E-state index in [4.69, 9.17) is 16.9 Å². The van der Waals surface area contributed by atoms with Gasteiger partial charge >= 0.3 is 0 Å². The van der Waals surface area contributed by atoms with Crippen LogP contribution < -0.4 is 0 Å². The van der Waals surface area contributed by atoms with Crippen LogP contribution in [-0.4, -0.2) is 24.5 Å². The van der Waals surface area contributed by atoms with Gasteiger partial charge in [-0.3, -0.25) is 10.1 Å². The third kappa shape index (κ3) is 3.22. The predicted molar refractivity (Wildman–Crippen MR) is 69.8 cm³/mol. The van der Waals surface area contributed by atoms with Gasteiger partial charge in [0.05, 0.1) is 15.1 Å². The first-order chi connectivity index (χ1) is 8.84. The van der Waals surface area contributed by atoms with Crippen molar-refractivity contribution >= 4 is 27.1 Å². The highest BCUT2D eigenvalue weighted by atomic mass is 35.5. The molecule has 0 aliphatic carbocycles. The Balaban J connectivity index is 3.31. The summed E-state index contributed by atoms with van der Waals surface area (Å²) < 4.78 is 24.3. The molecule has 0 aromatic heterocycles. The van der Waals surface area contributed by atoms with Crippen molar-refractivity contribution in [2.45, 2.75) is 23.5 Å². The van der Waals surface area contributed by atoms with E-state index in [9.17, 15) is 18.5 Å². The molecule has 1 unspecified atom stereocenters. The Morgan fingerprint density at radius 3 is 2.63 bits per heavy atom. The monoisotopic (exact) mass is 302 g/mol. The Labute approximate surface area is 115 Å². The van der Waals surface area contributed by atoms with Gasteiger partial charge in [-0.05, 0) is 25.5 Å². The van der Waals surface area contributed by atoms with Gasteiger partial charge in [0, 0.05) is 11.9 Å². The van der Waals surface area contributed by atoms with Crippen LogP contribution in [-0.2, 0) is 9.84 Å². The molecule has 0 heterocycles. The average Bonchev–Trinajstić information content (AvgIpc) is 2.37. The molecular weight excluding hydrogens is 292 g/mol. The van der Waals surface area contributed by atoms with Crippen LogP contribution in [0, 0.1) is 21.4 Å². The fourth-order valence-electron chi connectivity index (χ4n) is 1.48. The Bertz CT molecular complexity index is 637. The van der Waals surface area contributed by atoms with Crippen molar-refractivity contribution in [1.82, 2.24) is 0 Å². The summed E-state index contributed by atoms with van der Waals surface area (Å²) in [4.78, 5) is 9.84. The van der Waals surface area contributed by atoms with E-state index in [1.807, 2.05) is 0 Å². The minimum absolute atomic E-state index is 0.104. The van der Waals surface area contributed by atoms with E-state index in [0.717, 1.165) is 18.2 Å². The Morgan fingerprint density at radius 1 is 1.53 bits per heavy atom. The summed E-state index contributed by atoms with van der Waals surface area (Å²) in [5.41, 5.74) is -0.685. The van der Waals surface area contributed by atoms with Gasteiger partial charge in [0.25, 0.3) is 5.69 Å². The Hall–Kier alpha value is -1.65. The molecule has 19 heavy (non-hydrogen) atoms. The van der Waals surface area contributed by atoms with Crippen molar-refractivity contribution in [3.63, 3.8) is 0 Å². The molecule has 0 bridgehead atoms. The van der Waals surface area contributed by atoms with Gasteiger partial charge in [-0.1, -0.05) is 0 Å². The Morgan fingerprint density at radius 2 is 2.16 bits per heavy atom. The SMILES string of the molecule is CC(CCCl)S(=O)(=O)c1ccc([N+](=O)[O-])c(C#N)c1. The highest BCUT2D eigenvalue weighted by Crippen LogP contribution is 2.25. The lowest BCUT2D eigenvalue weighted by molar-refractivity contribution is -0.385. The number of nitro groups is 1. The van der Waals surface area contributed by atoms with Crippen molar-refractivity contribution in [3.8, 4) is 6.07 Å². The van der Waals surface area contributed by atoms with Crippen molar-refractivity contribution < 1.29 is 13.3 Å². The molecule has 8 heteroatoms. The molecule has 102 valence electrons. The molecule has 0 N–H and O–H groups in total. The van der Waals surface area contributed by atoms with Gasteiger partial charge in [0.2, 0.25) is 0 Å². The van der Waals surface area contributed by atoms with E-state index in [0.29, 0.717) is 0 Å². The minimum Gasteiger partial charge on any atom is -0.258 e. The summed E-state index contributed by atoms with van der Waals surface area (Å²) in [5, 5.41) is 18.8. The van der Waals surface area contributed by atoms with Crippen LogP contribution >= 0.6 is 11.6 Å². The van der Waals surface area contributed by atoms with Crippen LogP contribution in [0.3, 0.4) is 0 Å². The number of hydrogen-bond donors (Lipinski definition) is 0. The molecule has 1 aromatic carbocycles. The maximum absolute atomic E-state index is 12.1. The van der Waals surface area contributed by atoms with E-state index >= 15 is 0 Å². The second kappa shape index (κ2) is 5.99. The number of sulfone groups is 1. The van der Waals surface area contributed by atoms with Crippen molar-refractivity contribution in [1.29, 1.82) is 5.26 Å². The first kappa shape index (κ1) is 15.4. The van der Waals surface area contributed by atoms with Gasteiger partial charge in [0.1, 0.15) is 11.6 Å². The molecule has 0 aliphatic rings. The lowest BCUT2D eigenvalue weighted by Crippen LogP contribution is -2.18. The van der Waals surface area contributed by atoms with Crippen molar-refractivity contribution in [2.75, 3.05) is 5.88 Å². The van der Waals surface area contributed by atoms with Gasteiger partial charge in [-0.2, -0.15) is 5.26 Å². The first-order valence-electron chi connectivity index (χ1n) is 5.33. The summed E-state index contributed by atoms with van der Waals surface area (Å²) in [6.07, 6.45) is 0.267. The van der Waals surface area contributed by atoms with Crippen LogP contribution in [0.4, 0.5) is 5.69 Å². The van der Waals surface area contributed by atoms with Crippen molar-refractivity contribution in [3.05, 3.63) is 33.9 Å². The predicted octanol–water partition coefficient (Wildman–Crippen LogP) is 2.26. The Kier molecular flexibility index (Phi) is 4.86. The van der Waals surface area contributed by atoms with E-state index in [1.165, 1.54) is 6.92 Å². The highest BCUT2D eigenvalue weighted by molar-refractivity contribution is 7.92. The molecular formula is C11H11ClN2O4S. The lowest BCUT2D eigenvalue weighted by Gasteiger charge is -2.11. The van der Waals surface area contributed by atoms with Crippen molar-refractivity contribution in [2.24, 2.45) is 0 Å². The highest BCUT2D eigenvalue weighted by Gasteiger charge is 2.25. The summed E-state index contributed by atoms with van der Waals surface area (Å²) in [7, 11) is -3.63. The third-order valence-electron chi connectivity index (χ3n) is 2.66. The van der Waals surface area contributed by atoms with Crippen LogP contribution in [0.2, 0.25) is 0 Å². The van der Waals surface area contributed by atoms with Gasteiger partial charge in [-0.25, -0.2) is 8.42 Å². The molecule has 0 amide bonds. The zero-order chi connectivity index (χ0) is 14.6. The molecule has 0 radical (unpaired) electrons. The number of nitrogens with zero attached hydrogens (tertiary/aromatic N) is 2. The van der Waals surface area contributed by atoms with Gasteiger partial charge < -0.3 is 0 Å². The second-order valence-electron chi connectivity index (χ2n) is 3.88. The van der Waals surface area contributed by atoms with E-state index in [2.05, 4.69) is 0 Å². The lowest BCUT2D eigenvalue weighted by atomic mass is 10.2. The normalized spacial score (nSPS) is 12.7. The van der Waals surface area contributed by atoms with Crippen LogP contribution in [0.5, 0.6) is 0 Å². The number of rotatable bonds is 5. The minimum atomic E-state index is -3.63. The summed E-state index contributed by atoms with van der Waals surface area (Å²) >= 11 is 5.51. The zero-order valence-electron chi connectivity index (χ0n) is 10.0. The zero-order valence-corrected chi connectivity index (χ0v) is 11.6. The van der Waals surface area contributed by atoms with Gasteiger partial charge in [-0.15, -0.1) is 11.6 Å². The number of benzene rings is 1. The fraction of sp³-hybridized carbons (Fsp3) is 0.364. The number of alkyl halides is 1. The molecule has 0 aliphatic heterocycles. The van der Waals surface area contributed by atoms with E-state index in [-0.39, 0.29) is 22.8 Å². The number of nitriles is 1. The summed E-state index contributed by atoms with van der Waals surface area (Å²) in [6, 6.07) is 4.82. The standard InChI is InChI=1S/C11H11ClN2O4S/c1-8(4-5-12)19(17,18)10-2-3-11(14(15)16)9(6-10)7-13/h2-3,6,8H,4-5H2,1H3. The molecule has 0 spiro atoms. The third-order valence-corrected chi connectivity index (χ3v) is 5.08. The molecule has 1 aromatic rings. The molecule has 0 fully saturated rings. The van der Waals surface area contributed by atoms with E-state index < -0.39 is 25.7 Å². The molecule has 0 saturated carbocycles.